The van der Waals surface area contributed by atoms with Gasteiger partial charge in [0.15, 0.2) is 0 Å². The van der Waals surface area contributed by atoms with E-state index >= 15 is 0 Å². The summed E-state index contributed by atoms with van der Waals surface area (Å²) < 4.78 is 13.0. The number of benzene rings is 2. The molecule has 1 aromatic heterocycles. The zero-order valence-corrected chi connectivity index (χ0v) is 14.0. The Balaban J connectivity index is 1.58. The van der Waals surface area contributed by atoms with Gasteiger partial charge in [-0.05, 0) is 54.8 Å². The molecule has 1 unspecified atom stereocenters. The van der Waals surface area contributed by atoms with Gasteiger partial charge in [0.2, 0.25) is 5.95 Å². The smallest absolute Gasteiger partial charge is 0.229 e. The van der Waals surface area contributed by atoms with Crippen molar-refractivity contribution in [2.24, 2.45) is 0 Å². The van der Waals surface area contributed by atoms with Crippen LogP contribution in [0.1, 0.15) is 24.1 Å². The maximum Gasteiger partial charge on any atom is 0.229 e. The number of anilines is 3. The highest BCUT2D eigenvalue weighted by molar-refractivity contribution is 5.56. The monoisotopic (exact) mass is 334 g/mol. The van der Waals surface area contributed by atoms with Gasteiger partial charge in [0.05, 0.1) is 6.04 Å². The molecule has 0 aliphatic carbocycles. The van der Waals surface area contributed by atoms with Crippen LogP contribution in [0, 0.1) is 5.82 Å². The highest BCUT2D eigenvalue weighted by Crippen LogP contribution is 2.32. The van der Waals surface area contributed by atoms with E-state index in [0.29, 0.717) is 5.95 Å². The molecule has 2 heterocycles. The SMILES string of the molecule is CC1c2ccccc2CCN1c1ccnc(Nc2ccc(F)cc2)n1. The average molecular weight is 334 g/mol. The summed E-state index contributed by atoms with van der Waals surface area (Å²) in [6, 6.07) is 16.9. The molecule has 1 N–H and O–H groups in total. The molecule has 1 atom stereocenters. The molecule has 1 aliphatic rings. The summed E-state index contributed by atoms with van der Waals surface area (Å²) >= 11 is 0. The van der Waals surface area contributed by atoms with Gasteiger partial charge < -0.3 is 10.2 Å². The Morgan fingerprint density at radius 2 is 1.88 bits per heavy atom. The molecule has 3 aromatic rings. The number of fused-ring (bicyclic) bond motifs is 1. The van der Waals surface area contributed by atoms with Crippen LogP contribution in [0.25, 0.3) is 0 Å². The molecule has 4 rings (SSSR count). The Morgan fingerprint density at radius 3 is 2.72 bits per heavy atom. The quantitative estimate of drug-likeness (QED) is 0.766. The second kappa shape index (κ2) is 6.51. The zero-order chi connectivity index (χ0) is 17.2. The molecule has 126 valence electrons. The van der Waals surface area contributed by atoms with Gasteiger partial charge in [0, 0.05) is 18.4 Å². The standard InChI is InChI=1S/C20H19FN4/c1-14-18-5-3-2-4-15(18)11-13-25(14)19-10-12-22-20(24-19)23-17-8-6-16(21)7-9-17/h2-10,12,14H,11,13H2,1H3,(H,22,23,24). The highest BCUT2D eigenvalue weighted by Gasteiger charge is 2.24. The molecule has 25 heavy (non-hydrogen) atoms. The molecular formula is C20H19FN4. The van der Waals surface area contributed by atoms with E-state index in [4.69, 9.17) is 0 Å². The van der Waals surface area contributed by atoms with Crippen molar-refractivity contribution in [3.8, 4) is 0 Å². The molecular weight excluding hydrogens is 315 g/mol. The molecule has 0 fully saturated rings. The van der Waals surface area contributed by atoms with Crippen LogP contribution < -0.4 is 10.2 Å². The third-order valence-corrected chi connectivity index (χ3v) is 4.63. The summed E-state index contributed by atoms with van der Waals surface area (Å²) in [4.78, 5) is 11.2. The summed E-state index contributed by atoms with van der Waals surface area (Å²) in [5, 5.41) is 3.13. The van der Waals surface area contributed by atoms with E-state index in [1.54, 1.807) is 18.3 Å². The van der Waals surface area contributed by atoms with E-state index in [1.807, 2.05) is 6.07 Å². The van der Waals surface area contributed by atoms with Gasteiger partial charge in [0.1, 0.15) is 11.6 Å². The maximum atomic E-state index is 13.0. The number of nitrogens with one attached hydrogen (secondary N) is 1. The van der Waals surface area contributed by atoms with Crippen LogP contribution >= 0.6 is 0 Å². The largest absolute Gasteiger partial charge is 0.349 e. The molecule has 0 saturated carbocycles. The average Bonchev–Trinajstić information content (AvgIpc) is 2.64. The van der Waals surface area contributed by atoms with Crippen molar-refractivity contribution in [2.75, 3.05) is 16.8 Å². The first-order valence-electron chi connectivity index (χ1n) is 8.41. The lowest BCUT2D eigenvalue weighted by Crippen LogP contribution is -2.34. The third-order valence-electron chi connectivity index (χ3n) is 4.63. The molecule has 0 saturated heterocycles. The van der Waals surface area contributed by atoms with Crippen molar-refractivity contribution >= 4 is 17.5 Å². The first kappa shape index (κ1) is 15.6. The van der Waals surface area contributed by atoms with E-state index in [1.165, 1.54) is 23.3 Å². The Hall–Kier alpha value is -2.95. The molecule has 4 nitrogen and oxygen atoms in total. The Bertz CT molecular complexity index is 879. The molecule has 0 amide bonds. The van der Waals surface area contributed by atoms with Gasteiger partial charge in [-0.2, -0.15) is 4.98 Å². The summed E-state index contributed by atoms with van der Waals surface area (Å²) in [6.45, 7) is 3.12. The van der Waals surface area contributed by atoms with Crippen molar-refractivity contribution in [2.45, 2.75) is 19.4 Å². The van der Waals surface area contributed by atoms with Crippen molar-refractivity contribution in [1.82, 2.24) is 9.97 Å². The number of hydrogen-bond donors (Lipinski definition) is 1. The summed E-state index contributed by atoms with van der Waals surface area (Å²) in [5.74, 6) is 1.14. The van der Waals surface area contributed by atoms with Gasteiger partial charge in [-0.15, -0.1) is 0 Å². The number of hydrogen-bond acceptors (Lipinski definition) is 4. The Morgan fingerprint density at radius 1 is 1.08 bits per heavy atom. The van der Waals surface area contributed by atoms with Gasteiger partial charge in [-0.3, -0.25) is 0 Å². The molecule has 0 bridgehead atoms. The van der Waals surface area contributed by atoms with Crippen molar-refractivity contribution < 1.29 is 4.39 Å². The van der Waals surface area contributed by atoms with E-state index < -0.39 is 0 Å². The van der Waals surface area contributed by atoms with Crippen LogP contribution in [0.4, 0.5) is 21.8 Å². The van der Waals surface area contributed by atoms with Crippen LogP contribution in [0.15, 0.2) is 60.8 Å². The van der Waals surface area contributed by atoms with Gasteiger partial charge in [-0.25, -0.2) is 9.37 Å². The van der Waals surface area contributed by atoms with Crippen molar-refractivity contribution in [1.29, 1.82) is 0 Å². The number of aromatic nitrogens is 2. The fourth-order valence-corrected chi connectivity index (χ4v) is 3.32. The molecule has 5 heteroatoms. The van der Waals surface area contributed by atoms with Crippen LogP contribution in [0.3, 0.4) is 0 Å². The lowest BCUT2D eigenvalue weighted by Gasteiger charge is -2.36. The minimum Gasteiger partial charge on any atom is -0.349 e. The summed E-state index contributed by atoms with van der Waals surface area (Å²) in [7, 11) is 0. The molecule has 0 spiro atoms. The molecule has 1 aliphatic heterocycles. The van der Waals surface area contributed by atoms with Crippen LogP contribution in [0.5, 0.6) is 0 Å². The topological polar surface area (TPSA) is 41.1 Å². The second-order valence-corrected chi connectivity index (χ2v) is 6.19. The Labute approximate surface area is 146 Å². The van der Waals surface area contributed by atoms with Crippen molar-refractivity contribution in [3.05, 3.63) is 77.7 Å². The van der Waals surface area contributed by atoms with E-state index in [2.05, 4.69) is 51.4 Å². The number of halogens is 1. The number of nitrogens with zero attached hydrogens (tertiary/aromatic N) is 3. The lowest BCUT2D eigenvalue weighted by atomic mass is 9.94. The third kappa shape index (κ3) is 3.18. The second-order valence-electron chi connectivity index (χ2n) is 6.19. The molecule has 2 aromatic carbocycles. The highest BCUT2D eigenvalue weighted by atomic mass is 19.1. The van der Waals surface area contributed by atoms with Gasteiger partial charge in [-0.1, -0.05) is 24.3 Å². The van der Waals surface area contributed by atoms with E-state index in [0.717, 1.165) is 24.5 Å². The van der Waals surface area contributed by atoms with Crippen molar-refractivity contribution in [3.63, 3.8) is 0 Å². The predicted octanol–water partition coefficient (Wildman–Crippen LogP) is 4.48. The minimum atomic E-state index is -0.263. The maximum absolute atomic E-state index is 13.0. The zero-order valence-electron chi connectivity index (χ0n) is 14.0. The number of rotatable bonds is 3. The first-order chi connectivity index (χ1) is 12.2. The summed E-state index contributed by atoms with van der Waals surface area (Å²) in [5.41, 5.74) is 3.51. The molecule has 0 radical (unpaired) electrons. The van der Waals surface area contributed by atoms with E-state index in [9.17, 15) is 4.39 Å². The lowest BCUT2D eigenvalue weighted by molar-refractivity contribution is 0.617. The van der Waals surface area contributed by atoms with E-state index in [-0.39, 0.29) is 11.9 Å². The fourth-order valence-electron chi connectivity index (χ4n) is 3.32. The first-order valence-corrected chi connectivity index (χ1v) is 8.41. The Kier molecular flexibility index (Phi) is 4.06. The summed E-state index contributed by atoms with van der Waals surface area (Å²) in [6.07, 6.45) is 2.76. The minimum absolute atomic E-state index is 0.263. The fraction of sp³-hybridized carbons (Fsp3) is 0.200. The van der Waals surface area contributed by atoms with Crippen LogP contribution in [-0.2, 0) is 6.42 Å². The van der Waals surface area contributed by atoms with Crippen LogP contribution in [-0.4, -0.2) is 16.5 Å². The van der Waals surface area contributed by atoms with Crippen LogP contribution in [0.2, 0.25) is 0 Å². The van der Waals surface area contributed by atoms with Gasteiger partial charge in [0.25, 0.3) is 0 Å². The predicted molar refractivity (Wildman–Crippen MR) is 97.6 cm³/mol. The van der Waals surface area contributed by atoms with Gasteiger partial charge >= 0.3 is 0 Å². The normalized spacial score (nSPS) is 16.4.